The maximum atomic E-state index is 2.39. The van der Waals surface area contributed by atoms with E-state index in [9.17, 15) is 0 Å². The van der Waals surface area contributed by atoms with Crippen LogP contribution in [-0.2, 0) is 0 Å². The van der Waals surface area contributed by atoms with Gasteiger partial charge in [-0.25, -0.2) is 0 Å². The first kappa shape index (κ1) is 12.4. The Kier molecular flexibility index (Phi) is 6.29. The van der Waals surface area contributed by atoms with Crippen LogP contribution in [0.15, 0.2) is 0 Å². The highest BCUT2D eigenvalue weighted by atomic mass is 15.2. The van der Waals surface area contributed by atoms with Gasteiger partial charge in [0.15, 0.2) is 0 Å². The predicted molar refractivity (Wildman–Crippen MR) is 66.3 cm³/mol. The van der Waals surface area contributed by atoms with Gasteiger partial charge < -0.3 is 0 Å². The Labute approximate surface area is 94.3 Å². The van der Waals surface area contributed by atoms with Crippen molar-refractivity contribution < 1.29 is 9.15 Å². The van der Waals surface area contributed by atoms with Crippen molar-refractivity contribution in [1.82, 2.24) is 0 Å². The second kappa shape index (κ2) is 7.61. The minimum absolute atomic E-state index is 1.08. The molecule has 0 bridgehead atoms. The lowest BCUT2D eigenvalue weighted by atomic mass is 10.1. The van der Waals surface area contributed by atoms with Crippen LogP contribution in [0.3, 0.4) is 0 Å². The van der Waals surface area contributed by atoms with Crippen LogP contribution in [0.2, 0.25) is 0 Å². The van der Waals surface area contributed by atoms with E-state index in [0.29, 0.717) is 0 Å². The first-order valence-corrected chi connectivity index (χ1v) is 6.45. The van der Waals surface area contributed by atoms with E-state index in [1.165, 1.54) is 51.5 Å². The van der Waals surface area contributed by atoms with Crippen molar-refractivity contribution in [2.24, 2.45) is 0 Å². The summed E-state index contributed by atoms with van der Waals surface area (Å²) >= 11 is 0. The molecular formula is C13H26N2+2. The maximum Gasteiger partial charge on any atom is 0.334 e. The summed E-state index contributed by atoms with van der Waals surface area (Å²) in [5, 5.41) is 0. The summed E-state index contributed by atoms with van der Waals surface area (Å²) in [6.07, 6.45) is 14.2. The standard InChI is InChI=1S/C13H26N2/c1-3-4-5-6-7-8-9-10-15-12-11-14(2)13-15/h11-12H,3-10,13H2,1-2H3/q+2. The van der Waals surface area contributed by atoms with Gasteiger partial charge in [-0.05, 0) is 6.42 Å². The van der Waals surface area contributed by atoms with Crippen LogP contribution in [0, 0.1) is 0 Å². The van der Waals surface area contributed by atoms with E-state index in [4.69, 9.17) is 0 Å². The monoisotopic (exact) mass is 210 g/mol. The molecule has 1 heterocycles. The smallest absolute Gasteiger partial charge is 0.176 e. The summed E-state index contributed by atoms with van der Waals surface area (Å²) in [6, 6.07) is 0. The van der Waals surface area contributed by atoms with Crippen LogP contribution in [0.5, 0.6) is 0 Å². The van der Waals surface area contributed by atoms with Crippen LogP contribution < -0.4 is 0 Å². The Balaban J connectivity index is 1.86. The van der Waals surface area contributed by atoms with Crippen molar-refractivity contribution in [2.75, 3.05) is 20.3 Å². The molecule has 0 amide bonds. The SMILES string of the molecule is CCCCCCCCC[N+]1=CC=[N+](C)C1. The molecule has 0 saturated heterocycles. The normalized spacial score (nSPS) is 15.3. The highest BCUT2D eigenvalue weighted by Gasteiger charge is 2.14. The van der Waals surface area contributed by atoms with Gasteiger partial charge in [0.1, 0.15) is 13.6 Å². The Morgan fingerprint density at radius 3 is 2.20 bits per heavy atom. The molecule has 0 N–H and O–H groups in total. The number of unbranched alkanes of at least 4 members (excludes halogenated alkanes) is 6. The van der Waals surface area contributed by atoms with Crippen molar-refractivity contribution in [3.05, 3.63) is 0 Å². The number of hydrogen-bond donors (Lipinski definition) is 0. The fraction of sp³-hybridized carbons (Fsp3) is 0.846. The van der Waals surface area contributed by atoms with Gasteiger partial charge in [0.05, 0.1) is 0 Å². The zero-order valence-electron chi connectivity index (χ0n) is 10.4. The maximum absolute atomic E-state index is 2.39. The van der Waals surface area contributed by atoms with Crippen LogP contribution in [-0.4, -0.2) is 41.8 Å². The third-order valence-corrected chi connectivity index (χ3v) is 2.99. The van der Waals surface area contributed by atoms with E-state index >= 15 is 0 Å². The van der Waals surface area contributed by atoms with E-state index in [1.807, 2.05) is 0 Å². The largest absolute Gasteiger partial charge is 0.334 e. The summed E-state index contributed by atoms with van der Waals surface area (Å²) < 4.78 is 4.62. The first-order chi connectivity index (χ1) is 7.33. The minimum atomic E-state index is 1.08. The molecule has 15 heavy (non-hydrogen) atoms. The van der Waals surface area contributed by atoms with Gasteiger partial charge in [0.2, 0.25) is 12.4 Å². The zero-order chi connectivity index (χ0) is 10.9. The van der Waals surface area contributed by atoms with Gasteiger partial charge in [-0.3, -0.25) is 0 Å². The molecule has 0 unspecified atom stereocenters. The zero-order valence-corrected chi connectivity index (χ0v) is 10.4. The highest BCUT2D eigenvalue weighted by Crippen LogP contribution is 2.06. The Bertz CT molecular complexity index is 229. The molecule has 0 atom stereocenters. The molecule has 2 heteroatoms. The lowest BCUT2D eigenvalue weighted by molar-refractivity contribution is -0.699. The van der Waals surface area contributed by atoms with Crippen LogP contribution in [0.4, 0.5) is 0 Å². The molecule has 86 valence electrons. The van der Waals surface area contributed by atoms with E-state index in [2.05, 4.69) is 35.6 Å². The molecule has 0 fully saturated rings. The summed E-state index contributed by atoms with van der Waals surface area (Å²) in [4.78, 5) is 0. The van der Waals surface area contributed by atoms with Gasteiger partial charge in [0, 0.05) is 6.42 Å². The van der Waals surface area contributed by atoms with Crippen LogP contribution >= 0.6 is 0 Å². The van der Waals surface area contributed by atoms with E-state index in [0.717, 1.165) is 6.67 Å². The lowest BCUT2D eigenvalue weighted by Gasteiger charge is -1.99. The Morgan fingerprint density at radius 1 is 0.933 bits per heavy atom. The molecule has 0 radical (unpaired) electrons. The topological polar surface area (TPSA) is 6.02 Å². The van der Waals surface area contributed by atoms with Crippen molar-refractivity contribution in [1.29, 1.82) is 0 Å². The second-order valence-corrected chi connectivity index (χ2v) is 4.63. The summed E-state index contributed by atoms with van der Waals surface area (Å²) in [5.41, 5.74) is 0. The van der Waals surface area contributed by atoms with Gasteiger partial charge in [0.25, 0.3) is 0 Å². The number of nitrogens with zero attached hydrogens (tertiary/aromatic N) is 2. The molecule has 0 aromatic carbocycles. The first-order valence-electron chi connectivity index (χ1n) is 6.45. The molecule has 0 aliphatic carbocycles. The quantitative estimate of drug-likeness (QED) is 0.429. The van der Waals surface area contributed by atoms with Crippen molar-refractivity contribution in [3.8, 4) is 0 Å². The Hall–Kier alpha value is -0.660. The number of rotatable bonds is 8. The number of hydrogen-bond acceptors (Lipinski definition) is 0. The molecule has 1 aliphatic rings. The van der Waals surface area contributed by atoms with Crippen LogP contribution in [0.1, 0.15) is 51.9 Å². The van der Waals surface area contributed by atoms with E-state index in [-0.39, 0.29) is 0 Å². The average molecular weight is 210 g/mol. The second-order valence-electron chi connectivity index (χ2n) is 4.63. The summed E-state index contributed by atoms with van der Waals surface area (Å²) in [6.45, 7) is 4.58. The van der Waals surface area contributed by atoms with E-state index < -0.39 is 0 Å². The van der Waals surface area contributed by atoms with Crippen molar-refractivity contribution in [2.45, 2.75) is 51.9 Å². The summed E-state index contributed by atoms with van der Waals surface area (Å²) in [7, 11) is 2.13. The third kappa shape index (κ3) is 5.71. The fourth-order valence-electron chi connectivity index (χ4n) is 2.01. The third-order valence-electron chi connectivity index (χ3n) is 2.99. The molecule has 2 nitrogen and oxygen atoms in total. The van der Waals surface area contributed by atoms with Gasteiger partial charge in [-0.1, -0.05) is 39.0 Å². The molecule has 1 rings (SSSR count). The minimum Gasteiger partial charge on any atom is -0.176 e. The average Bonchev–Trinajstić information content (AvgIpc) is 2.63. The van der Waals surface area contributed by atoms with Gasteiger partial charge >= 0.3 is 6.67 Å². The molecule has 0 aromatic heterocycles. The molecule has 0 saturated carbocycles. The highest BCUT2D eigenvalue weighted by molar-refractivity contribution is 6.11. The van der Waals surface area contributed by atoms with Crippen LogP contribution in [0.25, 0.3) is 0 Å². The van der Waals surface area contributed by atoms with Crippen molar-refractivity contribution in [3.63, 3.8) is 0 Å². The van der Waals surface area contributed by atoms with Gasteiger partial charge in [-0.2, -0.15) is 9.15 Å². The molecular weight excluding hydrogens is 184 g/mol. The Morgan fingerprint density at radius 2 is 1.60 bits per heavy atom. The molecule has 0 aromatic rings. The summed E-state index contributed by atoms with van der Waals surface area (Å²) in [5.74, 6) is 0. The van der Waals surface area contributed by atoms with E-state index in [1.54, 1.807) is 0 Å². The van der Waals surface area contributed by atoms with Gasteiger partial charge in [-0.15, -0.1) is 0 Å². The fourth-order valence-corrected chi connectivity index (χ4v) is 2.01. The lowest BCUT2D eigenvalue weighted by Crippen LogP contribution is -2.16. The molecule has 0 spiro atoms. The predicted octanol–water partition coefficient (Wildman–Crippen LogP) is 2.50. The molecule has 1 aliphatic heterocycles. The van der Waals surface area contributed by atoms with Crippen molar-refractivity contribution >= 4 is 12.4 Å².